The summed E-state index contributed by atoms with van der Waals surface area (Å²) in [6.45, 7) is 6.49. The van der Waals surface area contributed by atoms with Crippen molar-refractivity contribution in [3.05, 3.63) is 0 Å². The van der Waals surface area contributed by atoms with Crippen molar-refractivity contribution in [1.82, 2.24) is 5.32 Å². The zero-order valence-electron chi connectivity index (χ0n) is 8.77. The summed E-state index contributed by atoms with van der Waals surface area (Å²) in [5, 5.41) is 3.30. The van der Waals surface area contributed by atoms with Crippen LogP contribution in [-0.2, 0) is 0 Å². The Labute approximate surface area is 76.9 Å². The third kappa shape index (κ3) is 8.02. The molecule has 12 heavy (non-hydrogen) atoms. The summed E-state index contributed by atoms with van der Waals surface area (Å²) in [6, 6.07) is 0.506. The number of hydrogen-bond donors (Lipinski definition) is 2. The third-order valence-corrected chi connectivity index (χ3v) is 1.92. The smallest absolute Gasteiger partial charge is 0.0548 e. The van der Waals surface area contributed by atoms with Gasteiger partial charge in [-0.25, -0.2) is 0 Å². The van der Waals surface area contributed by atoms with Gasteiger partial charge in [-0.2, -0.15) is 0 Å². The Balaban J connectivity index is 3.14. The molecule has 0 saturated heterocycles. The molecule has 0 aliphatic rings. The molecule has 1 unspecified atom stereocenters. The molecule has 0 radical (unpaired) electrons. The van der Waals surface area contributed by atoms with Crippen LogP contribution < -0.4 is 11.1 Å². The van der Waals surface area contributed by atoms with Crippen molar-refractivity contribution in [1.29, 1.82) is 0 Å². The van der Waals surface area contributed by atoms with Crippen LogP contribution in [0.1, 0.15) is 52.9 Å². The molecule has 2 nitrogen and oxygen atoms in total. The molecule has 0 bridgehead atoms. The zero-order valence-corrected chi connectivity index (χ0v) is 8.77. The highest BCUT2D eigenvalue weighted by Crippen LogP contribution is 2.03. The van der Waals surface area contributed by atoms with Crippen molar-refractivity contribution in [2.45, 2.75) is 65.1 Å². The molecule has 0 aliphatic heterocycles. The molecule has 3 N–H and O–H groups in total. The second-order valence-electron chi connectivity index (χ2n) is 3.78. The van der Waals surface area contributed by atoms with Gasteiger partial charge in [-0.3, -0.25) is 5.32 Å². The van der Waals surface area contributed by atoms with E-state index in [4.69, 9.17) is 5.73 Å². The molecule has 2 heteroatoms. The summed E-state index contributed by atoms with van der Waals surface area (Å²) >= 11 is 0. The maximum absolute atomic E-state index is 5.85. The van der Waals surface area contributed by atoms with Crippen LogP contribution in [-0.4, -0.2) is 12.2 Å². The lowest BCUT2D eigenvalue weighted by atomic mass is 10.1. The van der Waals surface area contributed by atoms with Gasteiger partial charge in [0.2, 0.25) is 0 Å². The van der Waals surface area contributed by atoms with Gasteiger partial charge >= 0.3 is 0 Å². The lowest BCUT2D eigenvalue weighted by molar-refractivity contribution is 0.431. The summed E-state index contributed by atoms with van der Waals surface area (Å²) in [5.41, 5.74) is 5.85. The summed E-state index contributed by atoms with van der Waals surface area (Å²) in [6.07, 6.45) is 6.53. The lowest BCUT2D eigenvalue weighted by Gasteiger charge is -2.16. The predicted octanol–water partition coefficient (Wildman–Crippen LogP) is 2.24. The molecule has 0 amide bonds. The van der Waals surface area contributed by atoms with Crippen LogP contribution in [0.5, 0.6) is 0 Å². The standard InChI is InChI=1S/C10H24N2/c1-4-5-6-7-8-10(11)12-9(2)3/h9-10,12H,4-8,11H2,1-3H3. The fourth-order valence-electron chi connectivity index (χ4n) is 1.30. The van der Waals surface area contributed by atoms with Gasteiger partial charge in [0.25, 0.3) is 0 Å². The van der Waals surface area contributed by atoms with E-state index in [1.807, 2.05) is 0 Å². The Morgan fingerprint density at radius 3 is 2.33 bits per heavy atom. The first-order chi connectivity index (χ1) is 5.66. The second-order valence-corrected chi connectivity index (χ2v) is 3.78. The Bertz CT molecular complexity index is 91.8. The van der Waals surface area contributed by atoms with Crippen molar-refractivity contribution >= 4 is 0 Å². The van der Waals surface area contributed by atoms with Crippen LogP contribution in [0.3, 0.4) is 0 Å². The van der Waals surface area contributed by atoms with Gasteiger partial charge in [0.15, 0.2) is 0 Å². The molecule has 0 heterocycles. The van der Waals surface area contributed by atoms with E-state index in [9.17, 15) is 0 Å². The highest BCUT2D eigenvalue weighted by molar-refractivity contribution is 4.62. The quantitative estimate of drug-likeness (QED) is 0.456. The van der Waals surface area contributed by atoms with Gasteiger partial charge in [-0.05, 0) is 20.3 Å². The Morgan fingerprint density at radius 1 is 1.17 bits per heavy atom. The fraction of sp³-hybridized carbons (Fsp3) is 1.00. The van der Waals surface area contributed by atoms with Crippen molar-refractivity contribution in [2.75, 3.05) is 0 Å². The molecule has 0 saturated carbocycles. The lowest BCUT2D eigenvalue weighted by Crippen LogP contribution is -2.41. The van der Waals surface area contributed by atoms with Crippen molar-refractivity contribution in [3.63, 3.8) is 0 Å². The SMILES string of the molecule is CCCCCCC(N)NC(C)C. The molecule has 0 fully saturated rings. The molecular formula is C10H24N2. The number of nitrogens with one attached hydrogen (secondary N) is 1. The summed E-state index contributed by atoms with van der Waals surface area (Å²) < 4.78 is 0. The molecule has 0 aromatic heterocycles. The van der Waals surface area contributed by atoms with Gasteiger partial charge < -0.3 is 5.73 Å². The van der Waals surface area contributed by atoms with Gasteiger partial charge in [0, 0.05) is 6.04 Å². The van der Waals surface area contributed by atoms with E-state index in [1.54, 1.807) is 0 Å². The molecule has 74 valence electrons. The number of nitrogens with two attached hydrogens (primary N) is 1. The molecule has 0 aliphatic carbocycles. The molecule has 1 atom stereocenters. The van der Waals surface area contributed by atoms with E-state index < -0.39 is 0 Å². The van der Waals surface area contributed by atoms with Crippen LogP contribution >= 0.6 is 0 Å². The first-order valence-corrected chi connectivity index (χ1v) is 5.18. The van der Waals surface area contributed by atoms with Gasteiger partial charge in [-0.1, -0.05) is 32.6 Å². The van der Waals surface area contributed by atoms with E-state index >= 15 is 0 Å². The molecule has 0 aromatic carbocycles. The number of hydrogen-bond acceptors (Lipinski definition) is 2. The van der Waals surface area contributed by atoms with Crippen LogP contribution in [0.2, 0.25) is 0 Å². The van der Waals surface area contributed by atoms with Crippen LogP contribution in [0.25, 0.3) is 0 Å². The number of rotatable bonds is 7. The Hall–Kier alpha value is -0.0800. The predicted molar refractivity (Wildman–Crippen MR) is 55.0 cm³/mol. The minimum atomic E-state index is 0.196. The van der Waals surface area contributed by atoms with Crippen LogP contribution in [0.15, 0.2) is 0 Å². The van der Waals surface area contributed by atoms with Crippen molar-refractivity contribution < 1.29 is 0 Å². The summed E-state index contributed by atoms with van der Waals surface area (Å²) in [5.74, 6) is 0. The third-order valence-electron chi connectivity index (χ3n) is 1.92. The minimum absolute atomic E-state index is 0.196. The van der Waals surface area contributed by atoms with Crippen molar-refractivity contribution in [2.24, 2.45) is 5.73 Å². The van der Waals surface area contributed by atoms with Gasteiger partial charge in [0.05, 0.1) is 6.17 Å². The fourth-order valence-corrected chi connectivity index (χ4v) is 1.30. The highest BCUT2D eigenvalue weighted by Gasteiger charge is 2.02. The normalized spacial score (nSPS) is 13.8. The zero-order chi connectivity index (χ0) is 9.40. The first-order valence-electron chi connectivity index (χ1n) is 5.18. The average molecular weight is 172 g/mol. The summed E-state index contributed by atoms with van der Waals surface area (Å²) in [7, 11) is 0. The maximum Gasteiger partial charge on any atom is 0.0548 e. The Morgan fingerprint density at radius 2 is 1.83 bits per heavy atom. The average Bonchev–Trinajstić information content (AvgIpc) is 1.97. The largest absolute Gasteiger partial charge is 0.316 e. The molecule has 0 rings (SSSR count). The van der Waals surface area contributed by atoms with E-state index in [0.29, 0.717) is 6.04 Å². The minimum Gasteiger partial charge on any atom is -0.316 e. The van der Waals surface area contributed by atoms with E-state index in [0.717, 1.165) is 6.42 Å². The summed E-state index contributed by atoms with van der Waals surface area (Å²) in [4.78, 5) is 0. The maximum atomic E-state index is 5.85. The van der Waals surface area contributed by atoms with E-state index in [1.165, 1.54) is 25.7 Å². The monoisotopic (exact) mass is 172 g/mol. The van der Waals surface area contributed by atoms with E-state index in [2.05, 4.69) is 26.1 Å². The molecule has 0 spiro atoms. The van der Waals surface area contributed by atoms with Gasteiger partial charge in [0.1, 0.15) is 0 Å². The molecule has 0 aromatic rings. The second kappa shape index (κ2) is 7.56. The number of unbranched alkanes of at least 4 members (excludes halogenated alkanes) is 3. The van der Waals surface area contributed by atoms with Crippen LogP contribution in [0.4, 0.5) is 0 Å². The van der Waals surface area contributed by atoms with Crippen molar-refractivity contribution in [3.8, 4) is 0 Å². The van der Waals surface area contributed by atoms with E-state index in [-0.39, 0.29) is 6.17 Å². The topological polar surface area (TPSA) is 38.0 Å². The first kappa shape index (κ1) is 11.9. The van der Waals surface area contributed by atoms with Gasteiger partial charge in [-0.15, -0.1) is 0 Å². The highest BCUT2D eigenvalue weighted by atomic mass is 15.0. The van der Waals surface area contributed by atoms with Crippen LogP contribution in [0, 0.1) is 0 Å². The Kier molecular flexibility index (Phi) is 7.51. The molecular weight excluding hydrogens is 148 g/mol.